The molecule has 1 aromatic carbocycles. The van der Waals surface area contributed by atoms with Gasteiger partial charge in [-0.25, -0.2) is 0 Å². The summed E-state index contributed by atoms with van der Waals surface area (Å²) in [6, 6.07) is 10.8. The Morgan fingerprint density at radius 3 is 2.52 bits per heavy atom. The molecule has 0 aliphatic rings. The van der Waals surface area contributed by atoms with Crippen LogP contribution in [-0.2, 0) is 9.59 Å². The van der Waals surface area contributed by atoms with Crippen molar-refractivity contribution in [1.82, 2.24) is 5.32 Å². The first-order valence-corrected chi connectivity index (χ1v) is 8.82. The van der Waals surface area contributed by atoms with Crippen LogP contribution in [0, 0.1) is 6.92 Å². The maximum atomic E-state index is 12.5. The van der Waals surface area contributed by atoms with Crippen molar-refractivity contribution in [2.45, 2.75) is 32.2 Å². The van der Waals surface area contributed by atoms with Crippen LogP contribution in [0.25, 0.3) is 0 Å². The molecule has 2 N–H and O–H groups in total. The Morgan fingerprint density at radius 2 is 1.96 bits per heavy atom. The highest BCUT2D eigenvalue weighted by atomic mass is 79.9. The van der Waals surface area contributed by atoms with E-state index in [0.29, 0.717) is 0 Å². The lowest BCUT2D eigenvalue weighted by atomic mass is 9.98. The maximum absolute atomic E-state index is 12.5. The third kappa shape index (κ3) is 4.65. The van der Waals surface area contributed by atoms with Crippen molar-refractivity contribution in [3.05, 3.63) is 56.2 Å². The first kappa shape index (κ1) is 17.7. The van der Waals surface area contributed by atoms with Crippen molar-refractivity contribution in [3.8, 4) is 0 Å². The number of halogens is 1. The Bertz CT molecular complexity index is 713. The van der Waals surface area contributed by atoms with Crippen LogP contribution >= 0.6 is 27.3 Å². The SMILES string of the molecule is Cc1ccccc1C(CC(=O)O)NC(=O)C(C)c1ccc(Br)s1. The lowest BCUT2D eigenvalue weighted by molar-refractivity contribution is -0.137. The Kier molecular flexibility index (Phi) is 5.96. The molecule has 0 radical (unpaired) electrons. The molecule has 122 valence electrons. The van der Waals surface area contributed by atoms with Gasteiger partial charge in [-0.2, -0.15) is 0 Å². The summed E-state index contributed by atoms with van der Waals surface area (Å²) in [6.45, 7) is 3.74. The van der Waals surface area contributed by atoms with Crippen LogP contribution in [0.5, 0.6) is 0 Å². The lowest BCUT2D eigenvalue weighted by Gasteiger charge is -2.21. The Labute approximate surface area is 147 Å². The number of thiophene rings is 1. The molecule has 0 saturated carbocycles. The van der Waals surface area contributed by atoms with Gasteiger partial charge >= 0.3 is 5.97 Å². The Morgan fingerprint density at radius 1 is 1.26 bits per heavy atom. The van der Waals surface area contributed by atoms with Crippen LogP contribution in [0.15, 0.2) is 40.2 Å². The van der Waals surface area contributed by atoms with Crippen molar-refractivity contribution in [2.75, 3.05) is 0 Å². The van der Waals surface area contributed by atoms with E-state index in [9.17, 15) is 9.59 Å². The molecule has 0 bridgehead atoms. The van der Waals surface area contributed by atoms with Gasteiger partial charge in [-0.05, 0) is 53.0 Å². The zero-order chi connectivity index (χ0) is 17.0. The lowest BCUT2D eigenvalue weighted by Crippen LogP contribution is -2.33. The maximum Gasteiger partial charge on any atom is 0.305 e. The first-order chi connectivity index (χ1) is 10.9. The van der Waals surface area contributed by atoms with Crippen LogP contribution in [0.3, 0.4) is 0 Å². The number of carbonyl (C=O) groups is 2. The van der Waals surface area contributed by atoms with Gasteiger partial charge in [0.15, 0.2) is 0 Å². The topological polar surface area (TPSA) is 66.4 Å². The minimum atomic E-state index is -0.940. The molecule has 0 spiro atoms. The Hall–Kier alpha value is -1.66. The molecule has 0 aliphatic heterocycles. The van der Waals surface area contributed by atoms with Crippen LogP contribution in [-0.4, -0.2) is 17.0 Å². The largest absolute Gasteiger partial charge is 0.481 e. The fourth-order valence-corrected chi connectivity index (χ4v) is 3.85. The van der Waals surface area contributed by atoms with Gasteiger partial charge in [0, 0.05) is 4.88 Å². The quantitative estimate of drug-likeness (QED) is 0.767. The van der Waals surface area contributed by atoms with Gasteiger partial charge in [-0.1, -0.05) is 24.3 Å². The molecule has 1 heterocycles. The molecular formula is C17H18BrNO3S. The minimum absolute atomic E-state index is 0.141. The molecule has 2 unspecified atom stereocenters. The fourth-order valence-electron chi connectivity index (χ4n) is 2.38. The average Bonchev–Trinajstić information content (AvgIpc) is 2.92. The standard InChI is InChI=1S/C17H18BrNO3S/c1-10-5-3-4-6-12(10)13(9-16(20)21)19-17(22)11(2)14-7-8-15(18)23-14/h3-8,11,13H,9H2,1-2H3,(H,19,22)(H,20,21). The second-order valence-corrected chi connectivity index (χ2v) is 7.87. The number of rotatable bonds is 6. The third-order valence-corrected chi connectivity index (χ3v) is 5.48. The van der Waals surface area contributed by atoms with Crippen LogP contribution in [0.1, 0.15) is 41.3 Å². The van der Waals surface area contributed by atoms with Gasteiger partial charge < -0.3 is 10.4 Å². The van der Waals surface area contributed by atoms with E-state index in [-0.39, 0.29) is 18.2 Å². The molecule has 6 heteroatoms. The highest BCUT2D eigenvalue weighted by molar-refractivity contribution is 9.11. The number of hydrogen-bond acceptors (Lipinski definition) is 3. The molecule has 23 heavy (non-hydrogen) atoms. The van der Waals surface area contributed by atoms with Gasteiger partial charge in [0.2, 0.25) is 5.91 Å². The van der Waals surface area contributed by atoms with Crippen molar-refractivity contribution < 1.29 is 14.7 Å². The summed E-state index contributed by atoms with van der Waals surface area (Å²) in [6.07, 6.45) is -0.141. The summed E-state index contributed by atoms with van der Waals surface area (Å²) in [4.78, 5) is 24.6. The summed E-state index contributed by atoms with van der Waals surface area (Å²) >= 11 is 4.89. The number of carboxylic acids is 1. The molecule has 1 aromatic heterocycles. The third-order valence-electron chi connectivity index (χ3n) is 3.67. The number of benzene rings is 1. The van der Waals surface area contributed by atoms with E-state index in [1.807, 2.05) is 50.2 Å². The van der Waals surface area contributed by atoms with Gasteiger partial charge in [-0.3, -0.25) is 9.59 Å². The monoisotopic (exact) mass is 395 g/mol. The van der Waals surface area contributed by atoms with E-state index in [1.165, 1.54) is 11.3 Å². The normalized spacial score (nSPS) is 13.3. The van der Waals surface area contributed by atoms with Gasteiger partial charge in [0.25, 0.3) is 0 Å². The number of hydrogen-bond donors (Lipinski definition) is 2. The molecular weight excluding hydrogens is 378 g/mol. The predicted molar refractivity (Wildman–Crippen MR) is 94.7 cm³/mol. The molecule has 1 amide bonds. The minimum Gasteiger partial charge on any atom is -0.481 e. The van der Waals surface area contributed by atoms with Gasteiger partial charge in [0.1, 0.15) is 0 Å². The van der Waals surface area contributed by atoms with Gasteiger partial charge in [0.05, 0.1) is 22.2 Å². The second-order valence-electron chi connectivity index (χ2n) is 5.38. The summed E-state index contributed by atoms with van der Waals surface area (Å²) in [5, 5.41) is 12.0. The number of aryl methyl sites for hydroxylation is 1. The highest BCUT2D eigenvalue weighted by Gasteiger charge is 2.24. The number of carboxylic acid groups (broad SMARTS) is 1. The predicted octanol–water partition coefficient (Wildman–Crippen LogP) is 4.25. The molecule has 2 atom stereocenters. The molecule has 0 fully saturated rings. The summed E-state index contributed by atoms with van der Waals surface area (Å²) in [5.74, 6) is -1.44. The molecule has 0 aliphatic carbocycles. The smallest absolute Gasteiger partial charge is 0.305 e. The molecule has 0 saturated heterocycles. The van der Waals surface area contributed by atoms with Crippen molar-refractivity contribution >= 4 is 39.1 Å². The summed E-state index contributed by atoms with van der Waals surface area (Å²) in [7, 11) is 0. The van der Waals surface area contributed by atoms with E-state index in [1.54, 1.807) is 0 Å². The average molecular weight is 396 g/mol. The van der Waals surface area contributed by atoms with Crippen LogP contribution in [0.4, 0.5) is 0 Å². The van der Waals surface area contributed by atoms with Crippen LogP contribution in [0.2, 0.25) is 0 Å². The van der Waals surface area contributed by atoms with E-state index >= 15 is 0 Å². The summed E-state index contributed by atoms with van der Waals surface area (Å²) in [5.41, 5.74) is 1.80. The second kappa shape index (κ2) is 7.75. The zero-order valence-corrected chi connectivity index (χ0v) is 15.3. The molecule has 4 nitrogen and oxygen atoms in total. The van der Waals surface area contributed by atoms with Gasteiger partial charge in [-0.15, -0.1) is 11.3 Å². The van der Waals surface area contributed by atoms with Crippen molar-refractivity contribution in [1.29, 1.82) is 0 Å². The number of amides is 1. The van der Waals surface area contributed by atoms with E-state index in [2.05, 4.69) is 21.2 Å². The highest BCUT2D eigenvalue weighted by Crippen LogP contribution is 2.29. The van der Waals surface area contributed by atoms with E-state index in [0.717, 1.165) is 19.8 Å². The zero-order valence-electron chi connectivity index (χ0n) is 12.9. The first-order valence-electron chi connectivity index (χ1n) is 7.21. The summed E-state index contributed by atoms with van der Waals surface area (Å²) < 4.78 is 0.966. The fraction of sp³-hybridized carbons (Fsp3) is 0.294. The molecule has 2 rings (SSSR count). The van der Waals surface area contributed by atoms with E-state index in [4.69, 9.17) is 5.11 Å². The van der Waals surface area contributed by atoms with Crippen molar-refractivity contribution in [3.63, 3.8) is 0 Å². The van der Waals surface area contributed by atoms with Crippen molar-refractivity contribution in [2.24, 2.45) is 0 Å². The molecule has 2 aromatic rings. The number of nitrogens with one attached hydrogen (secondary N) is 1. The van der Waals surface area contributed by atoms with Crippen LogP contribution < -0.4 is 5.32 Å². The number of aliphatic carboxylic acids is 1. The Balaban J connectivity index is 2.19. The van der Waals surface area contributed by atoms with E-state index < -0.39 is 12.0 Å². The number of carbonyl (C=O) groups excluding carboxylic acids is 1.